The number of rotatable bonds is 7. The molecule has 0 saturated carbocycles. The lowest BCUT2D eigenvalue weighted by Crippen LogP contribution is -2.21. The van der Waals surface area contributed by atoms with E-state index in [1.165, 1.54) is 17.3 Å². The summed E-state index contributed by atoms with van der Waals surface area (Å²) >= 11 is 1.30. The highest BCUT2D eigenvalue weighted by Crippen LogP contribution is 2.28. The molecule has 1 heterocycles. The van der Waals surface area contributed by atoms with E-state index in [9.17, 15) is 9.90 Å². The first-order valence-corrected chi connectivity index (χ1v) is 11.7. The summed E-state index contributed by atoms with van der Waals surface area (Å²) in [4.78, 5) is 12.5. The van der Waals surface area contributed by atoms with Gasteiger partial charge in [0.05, 0.1) is 11.5 Å². The molecule has 0 bridgehead atoms. The van der Waals surface area contributed by atoms with Gasteiger partial charge in [0.2, 0.25) is 0 Å². The molecule has 4 aromatic rings. The van der Waals surface area contributed by atoms with Gasteiger partial charge >= 0.3 is 0 Å². The van der Waals surface area contributed by atoms with Gasteiger partial charge in [-0.1, -0.05) is 59.3 Å². The second-order valence-electron chi connectivity index (χ2n) is 7.91. The lowest BCUT2D eigenvalue weighted by molar-refractivity contribution is -0.118. The van der Waals surface area contributed by atoms with Crippen molar-refractivity contribution in [2.75, 3.05) is 5.75 Å². The van der Waals surface area contributed by atoms with Crippen LogP contribution in [0.25, 0.3) is 17.1 Å². The Morgan fingerprint density at radius 1 is 0.941 bits per heavy atom. The molecule has 1 aromatic heterocycles. The summed E-state index contributed by atoms with van der Waals surface area (Å²) in [5.41, 5.74) is 8.24. The van der Waals surface area contributed by atoms with Gasteiger partial charge in [0.15, 0.2) is 11.0 Å². The zero-order chi connectivity index (χ0) is 24.1. The summed E-state index contributed by atoms with van der Waals surface area (Å²) in [7, 11) is 0. The third-order valence-corrected chi connectivity index (χ3v) is 6.13. The van der Waals surface area contributed by atoms with E-state index in [-0.39, 0.29) is 17.4 Å². The number of hydrogen-bond acceptors (Lipinski definition) is 6. The molecule has 4 rings (SSSR count). The van der Waals surface area contributed by atoms with Gasteiger partial charge in [0.1, 0.15) is 5.75 Å². The van der Waals surface area contributed by atoms with Gasteiger partial charge in [0, 0.05) is 11.3 Å². The fourth-order valence-corrected chi connectivity index (χ4v) is 4.00. The predicted molar refractivity (Wildman–Crippen MR) is 135 cm³/mol. The van der Waals surface area contributed by atoms with Gasteiger partial charge < -0.3 is 5.11 Å². The second kappa shape index (κ2) is 10.4. The van der Waals surface area contributed by atoms with E-state index in [0.717, 1.165) is 22.4 Å². The zero-order valence-corrected chi connectivity index (χ0v) is 20.0. The molecule has 0 atom stereocenters. The molecular formula is C26H25N5O2S. The number of hydrogen-bond donors (Lipinski definition) is 2. The molecule has 0 spiro atoms. The Morgan fingerprint density at radius 2 is 1.56 bits per heavy atom. The fourth-order valence-electron chi connectivity index (χ4n) is 3.26. The minimum atomic E-state index is -0.251. The van der Waals surface area contributed by atoms with Crippen molar-refractivity contribution in [3.63, 3.8) is 0 Å². The summed E-state index contributed by atoms with van der Waals surface area (Å²) in [6.45, 7) is 5.87. The van der Waals surface area contributed by atoms with Crippen LogP contribution in [-0.2, 0) is 4.79 Å². The van der Waals surface area contributed by atoms with Gasteiger partial charge in [-0.15, -0.1) is 10.2 Å². The van der Waals surface area contributed by atoms with E-state index in [1.54, 1.807) is 31.2 Å². The van der Waals surface area contributed by atoms with Crippen LogP contribution in [-0.4, -0.2) is 37.2 Å². The molecule has 172 valence electrons. The quantitative estimate of drug-likeness (QED) is 0.227. The number of phenolic OH excluding ortho intramolecular Hbond substituents is 1. The molecule has 3 aromatic carbocycles. The number of thioether (sulfide) groups is 1. The second-order valence-corrected chi connectivity index (χ2v) is 8.85. The van der Waals surface area contributed by atoms with Crippen LogP contribution < -0.4 is 5.43 Å². The van der Waals surface area contributed by atoms with Crippen molar-refractivity contribution in [1.82, 2.24) is 20.2 Å². The SMILES string of the molecule is C/C(=N/NC(=O)CSc1nnc(-c2ccc(C)cc2)n1-c1ccc(C)cc1)c1ccc(O)cc1. The largest absolute Gasteiger partial charge is 0.508 e. The number of carbonyl (C=O) groups excluding carboxylic acids is 1. The molecule has 8 heteroatoms. The highest BCUT2D eigenvalue weighted by molar-refractivity contribution is 7.99. The standard InChI is InChI=1S/C26H25N5O2S/c1-17-4-8-21(9-5-17)25-29-30-26(31(25)22-12-6-18(2)7-13-22)34-16-24(33)28-27-19(3)20-10-14-23(32)15-11-20/h4-15,32H,16H2,1-3H3,(H,28,33)/b27-19-. The number of phenols is 1. The Balaban J connectivity index is 1.52. The molecule has 0 radical (unpaired) electrons. The number of nitrogens with one attached hydrogen (secondary N) is 1. The summed E-state index contributed by atoms with van der Waals surface area (Å²) in [5, 5.41) is 23.0. The Bertz CT molecular complexity index is 1310. The summed E-state index contributed by atoms with van der Waals surface area (Å²) in [6, 6.07) is 22.9. The number of aromatic hydroxyl groups is 1. The molecule has 1 amide bonds. The van der Waals surface area contributed by atoms with Crippen molar-refractivity contribution in [3.8, 4) is 22.8 Å². The number of nitrogens with zero attached hydrogens (tertiary/aromatic N) is 4. The maximum Gasteiger partial charge on any atom is 0.250 e. The number of benzene rings is 3. The maximum atomic E-state index is 12.5. The smallest absolute Gasteiger partial charge is 0.250 e. The number of amides is 1. The van der Waals surface area contributed by atoms with E-state index < -0.39 is 0 Å². The van der Waals surface area contributed by atoms with Gasteiger partial charge in [-0.3, -0.25) is 9.36 Å². The number of hydrazone groups is 1. The molecule has 2 N–H and O–H groups in total. The van der Waals surface area contributed by atoms with Gasteiger partial charge in [-0.2, -0.15) is 5.10 Å². The minimum absolute atomic E-state index is 0.129. The van der Waals surface area contributed by atoms with Crippen molar-refractivity contribution in [2.45, 2.75) is 25.9 Å². The lowest BCUT2D eigenvalue weighted by Gasteiger charge is -2.11. The summed E-state index contributed by atoms with van der Waals surface area (Å²) in [6.07, 6.45) is 0. The summed E-state index contributed by atoms with van der Waals surface area (Å²) in [5.74, 6) is 0.774. The van der Waals surface area contributed by atoms with Gasteiger partial charge in [-0.05, 0) is 62.7 Å². The lowest BCUT2D eigenvalue weighted by atomic mass is 10.1. The third kappa shape index (κ3) is 5.52. The summed E-state index contributed by atoms with van der Waals surface area (Å²) < 4.78 is 1.97. The topological polar surface area (TPSA) is 92.4 Å². The van der Waals surface area contributed by atoms with Crippen LogP contribution in [0.5, 0.6) is 5.75 Å². The van der Waals surface area contributed by atoms with Crippen LogP contribution in [0.1, 0.15) is 23.6 Å². The molecule has 0 aliphatic carbocycles. The first-order valence-electron chi connectivity index (χ1n) is 10.8. The zero-order valence-electron chi connectivity index (χ0n) is 19.2. The van der Waals surface area contributed by atoms with E-state index in [0.29, 0.717) is 16.7 Å². The molecule has 0 unspecified atom stereocenters. The van der Waals surface area contributed by atoms with Gasteiger partial charge in [-0.25, -0.2) is 5.43 Å². The van der Waals surface area contributed by atoms with Crippen LogP contribution in [0.3, 0.4) is 0 Å². The normalized spacial score (nSPS) is 11.4. The average Bonchev–Trinajstić information content (AvgIpc) is 3.26. The maximum absolute atomic E-state index is 12.5. The molecular weight excluding hydrogens is 446 g/mol. The molecule has 34 heavy (non-hydrogen) atoms. The Kier molecular flexibility index (Phi) is 7.08. The minimum Gasteiger partial charge on any atom is -0.508 e. The van der Waals surface area contributed by atoms with Crippen LogP contribution >= 0.6 is 11.8 Å². The van der Waals surface area contributed by atoms with Crippen molar-refractivity contribution >= 4 is 23.4 Å². The highest BCUT2D eigenvalue weighted by Gasteiger charge is 2.17. The van der Waals surface area contributed by atoms with E-state index in [2.05, 4.69) is 20.7 Å². The Labute approximate surface area is 202 Å². The van der Waals surface area contributed by atoms with Crippen molar-refractivity contribution in [3.05, 3.63) is 89.5 Å². The number of carbonyl (C=O) groups is 1. The fraction of sp³-hybridized carbons (Fsp3) is 0.154. The molecule has 0 fully saturated rings. The number of aromatic nitrogens is 3. The first kappa shape index (κ1) is 23.3. The van der Waals surface area contributed by atoms with Crippen LogP contribution in [0.2, 0.25) is 0 Å². The van der Waals surface area contributed by atoms with E-state index in [4.69, 9.17) is 0 Å². The van der Waals surface area contributed by atoms with Crippen molar-refractivity contribution in [1.29, 1.82) is 0 Å². The van der Waals surface area contributed by atoms with Crippen LogP contribution in [0, 0.1) is 13.8 Å². The highest BCUT2D eigenvalue weighted by atomic mass is 32.2. The predicted octanol–water partition coefficient (Wildman–Crippen LogP) is 4.89. The van der Waals surface area contributed by atoms with Gasteiger partial charge in [0.25, 0.3) is 5.91 Å². The first-order chi connectivity index (χ1) is 16.4. The average molecular weight is 472 g/mol. The number of aryl methyl sites for hydroxylation is 2. The van der Waals surface area contributed by atoms with Crippen molar-refractivity contribution < 1.29 is 9.90 Å². The molecule has 7 nitrogen and oxygen atoms in total. The third-order valence-electron chi connectivity index (χ3n) is 5.20. The van der Waals surface area contributed by atoms with E-state index >= 15 is 0 Å². The Hall–Kier alpha value is -3.91. The monoisotopic (exact) mass is 471 g/mol. The van der Waals surface area contributed by atoms with Crippen LogP contribution in [0.15, 0.2) is 83.1 Å². The molecule has 0 aliphatic heterocycles. The molecule has 0 saturated heterocycles. The van der Waals surface area contributed by atoms with Crippen molar-refractivity contribution in [2.24, 2.45) is 5.10 Å². The van der Waals surface area contributed by atoms with E-state index in [1.807, 2.05) is 66.9 Å². The Morgan fingerprint density at radius 3 is 2.21 bits per heavy atom. The van der Waals surface area contributed by atoms with Crippen LogP contribution in [0.4, 0.5) is 0 Å². The molecule has 0 aliphatic rings.